The number of hydrogen-bond acceptors (Lipinski definition) is 8. The molecule has 0 radical (unpaired) electrons. The number of rotatable bonds is 47. The molecule has 1 aliphatic heterocycles. The molecule has 0 aromatic rings. The van der Waals surface area contributed by atoms with Gasteiger partial charge in [-0.05, 0) is 44.9 Å². The van der Waals surface area contributed by atoms with E-state index in [0.29, 0.717) is 6.42 Å². The molecule has 0 aromatic carbocycles. The van der Waals surface area contributed by atoms with E-state index in [1.807, 2.05) is 6.08 Å². The van der Waals surface area contributed by atoms with E-state index < -0.39 is 49.5 Å². The molecule has 1 heterocycles. The second-order valence-electron chi connectivity index (χ2n) is 19.4. The van der Waals surface area contributed by atoms with Gasteiger partial charge in [-0.1, -0.05) is 237 Å². The fraction of sp³-hybridized carbons (Fsp3) is 0.909. The number of nitrogens with one attached hydrogen (secondary N) is 1. The molecule has 64 heavy (non-hydrogen) atoms. The van der Waals surface area contributed by atoms with Crippen LogP contribution < -0.4 is 5.32 Å². The quantitative estimate of drug-likeness (QED) is 0.0261. The fourth-order valence-electron chi connectivity index (χ4n) is 8.86. The third kappa shape index (κ3) is 34.9. The molecule has 1 fully saturated rings. The van der Waals surface area contributed by atoms with Crippen LogP contribution in [0.1, 0.15) is 264 Å². The summed E-state index contributed by atoms with van der Waals surface area (Å²) >= 11 is 0. The van der Waals surface area contributed by atoms with Crippen LogP contribution in [0.3, 0.4) is 0 Å². The van der Waals surface area contributed by atoms with Gasteiger partial charge < -0.3 is 40.3 Å². The molecule has 0 spiro atoms. The molecule has 378 valence electrons. The van der Waals surface area contributed by atoms with Gasteiger partial charge in [-0.15, -0.1) is 0 Å². The van der Waals surface area contributed by atoms with Gasteiger partial charge in [0.2, 0.25) is 5.91 Å². The predicted molar refractivity (Wildman–Crippen MR) is 267 cm³/mol. The Balaban J connectivity index is 2.10. The van der Waals surface area contributed by atoms with Crippen molar-refractivity contribution in [2.24, 2.45) is 0 Å². The molecule has 0 saturated carbocycles. The molecule has 0 aliphatic carbocycles. The fourth-order valence-corrected chi connectivity index (χ4v) is 8.86. The highest BCUT2D eigenvalue weighted by molar-refractivity contribution is 5.76. The summed E-state index contributed by atoms with van der Waals surface area (Å²) in [6, 6.07) is -0.800. The van der Waals surface area contributed by atoms with Gasteiger partial charge in [0.05, 0.1) is 25.4 Å². The Hall–Kier alpha value is -1.33. The summed E-state index contributed by atoms with van der Waals surface area (Å²) in [7, 11) is 0. The lowest BCUT2D eigenvalue weighted by molar-refractivity contribution is -0.302. The van der Waals surface area contributed by atoms with E-state index >= 15 is 0 Å². The lowest BCUT2D eigenvalue weighted by atomic mass is 9.99. The zero-order chi connectivity index (χ0) is 46.6. The van der Waals surface area contributed by atoms with Crippen molar-refractivity contribution in [3.05, 3.63) is 24.3 Å². The average Bonchev–Trinajstić information content (AvgIpc) is 3.29. The number of ether oxygens (including phenoxy) is 2. The highest BCUT2D eigenvalue weighted by atomic mass is 16.7. The molecule has 0 aromatic heterocycles. The number of amides is 1. The van der Waals surface area contributed by atoms with Crippen molar-refractivity contribution < 1.29 is 39.8 Å². The first-order valence-corrected chi connectivity index (χ1v) is 27.6. The zero-order valence-corrected chi connectivity index (χ0v) is 41.8. The van der Waals surface area contributed by atoms with E-state index in [2.05, 4.69) is 31.3 Å². The molecule has 7 atom stereocenters. The molecule has 1 rings (SSSR count). The van der Waals surface area contributed by atoms with E-state index in [4.69, 9.17) is 9.47 Å². The first-order valence-electron chi connectivity index (χ1n) is 27.6. The average molecular weight is 908 g/mol. The minimum atomic E-state index is -1.56. The molecule has 1 saturated heterocycles. The first-order chi connectivity index (χ1) is 31.3. The first kappa shape index (κ1) is 60.7. The zero-order valence-electron chi connectivity index (χ0n) is 41.8. The van der Waals surface area contributed by atoms with Crippen LogP contribution in [-0.4, -0.2) is 87.5 Å². The van der Waals surface area contributed by atoms with Crippen molar-refractivity contribution in [2.75, 3.05) is 13.2 Å². The summed E-state index contributed by atoms with van der Waals surface area (Å²) in [5.41, 5.74) is 0. The Morgan fingerprint density at radius 2 is 0.875 bits per heavy atom. The van der Waals surface area contributed by atoms with E-state index in [1.54, 1.807) is 6.08 Å². The van der Waals surface area contributed by atoms with Gasteiger partial charge in [-0.2, -0.15) is 0 Å². The van der Waals surface area contributed by atoms with Gasteiger partial charge in [-0.3, -0.25) is 4.79 Å². The number of aliphatic hydroxyl groups is 5. The SMILES string of the molecule is CCCCCCCCCC/C=C/C(O)C(COC1OC(CO)C(O)C(O)C1O)NC(=O)CCCCCCCCCCCCCCCCC/C=C\CCCCCCCCCCCCCC. The molecule has 0 bridgehead atoms. The Kier molecular flexibility index (Phi) is 43.1. The molecule has 1 amide bonds. The van der Waals surface area contributed by atoms with Crippen LogP contribution in [0.5, 0.6) is 0 Å². The Morgan fingerprint density at radius 3 is 1.27 bits per heavy atom. The van der Waals surface area contributed by atoms with Crippen molar-refractivity contribution in [1.29, 1.82) is 0 Å². The Morgan fingerprint density at radius 1 is 0.516 bits per heavy atom. The molecule has 6 N–H and O–H groups in total. The van der Waals surface area contributed by atoms with Crippen LogP contribution >= 0.6 is 0 Å². The highest BCUT2D eigenvalue weighted by Gasteiger charge is 2.44. The Labute approximate surface area is 394 Å². The van der Waals surface area contributed by atoms with Crippen molar-refractivity contribution in [1.82, 2.24) is 5.32 Å². The van der Waals surface area contributed by atoms with Gasteiger partial charge in [0, 0.05) is 6.42 Å². The number of hydrogen-bond donors (Lipinski definition) is 6. The number of aliphatic hydroxyl groups excluding tert-OH is 5. The number of allylic oxidation sites excluding steroid dienone is 3. The summed E-state index contributed by atoms with van der Waals surface area (Å²) in [6.45, 7) is 3.77. The maximum Gasteiger partial charge on any atom is 0.220 e. The van der Waals surface area contributed by atoms with E-state index in [1.165, 1.54) is 205 Å². The second-order valence-corrected chi connectivity index (χ2v) is 19.4. The third-order valence-corrected chi connectivity index (χ3v) is 13.3. The Bertz CT molecular complexity index is 1060. The lowest BCUT2D eigenvalue weighted by Crippen LogP contribution is -2.60. The number of carbonyl (C=O) groups is 1. The van der Waals surface area contributed by atoms with Gasteiger partial charge in [0.1, 0.15) is 24.4 Å². The molecular weight excluding hydrogens is 803 g/mol. The monoisotopic (exact) mass is 908 g/mol. The van der Waals surface area contributed by atoms with Crippen LogP contribution in [-0.2, 0) is 14.3 Å². The van der Waals surface area contributed by atoms with E-state index in [-0.39, 0.29) is 12.5 Å². The molecule has 7 unspecified atom stereocenters. The van der Waals surface area contributed by atoms with Crippen molar-refractivity contribution in [2.45, 2.75) is 307 Å². The summed E-state index contributed by atoms with van der Waals surface area (Å²) in [5.74, 6) is -0.175. The molecule has 9 heteroatoms. The normalized spacial score (nSPS) is 20.1. The van der Waals surface area contributed by atoms with Gasteiger partial charge in [-0.25, -0.2) is 0 Å². The largest absolute Gasteiger partial charge is 0.394 e. The number of carbonyl (C=O) groups excluding carboxylic acids is 1. The highest BCUT2D eigenvalue weighted by Crippen LogP contribution is 2.23. The topological polar surface area (TPSA) is 149 Å². The second kappa shape index (κ2) is 45.5. The van der Waals surface area contributed by atoms with Crippen molar-refractivity contribution >= 4 is 5.91 Å². The lowest BCUT2D eigenvalue weighted by Gasteiger charge is -2.40. The summed E-state index contributed by atoms with van der Waals surface area (Å²) in [6.07, 6.45) is 49.8. The summed E-state index contributed by atoms with van der Waals surface area (Å²) in [4.78, 5) is 13.0. The third-order valence-electron chi connectivity index (χ3n) is 13.3. The summed E-state index contributed by atoms with van der Waals surface area (Å²) < 4.78 is 11.2. The maximum absolute atomic E-state index is 13.0. The van der Waals surface area contributed by atoms with Crippen LogP contribution in [0.2, 0.25) is 0 Å². The van der Waals surface area contributed by atoms with Crippen LogP contribution in [0.4, 0.5) is 0 Å². The molecule has 9 nitrogen and oxygen atoms in total. The molecular formula is C55H105NO8. The van der Waals surface area contributed by atoms with Crippen molar-refractivity contribution in [3.8, 4) is 0 Å². The summed E-state index contributed by atoms with van der Waals surface area (Å²) in [5, 5.41) is 54.2. The maximum atomic E-state index is 13.0. The van der Waals surface area contributed by atoms with E-state index in [0.717, 1.165) is 38.5 Å². The van der Waals surface area contributed by atoms with Gasteiger partial charge in [0.15, 0.2) is 6.29 Å². The van der Waals surface area contributed by atoms with Crippen LogP contribution in [0.25, 0.3) is 0 Å². The standard InChI is InChI=1S/C55H105NO8/c1-3-5-7-9-11-13-15-16-17-18-19-20-21-22-23-24-25-26-27-28-29-30-31-32-33-34-35-37-39-41-43-45-51(59)56-48(47-63-55-54(62)53(61)52(60)50(46-57)64-55)49(58)44-42-40-38-36-14-12-10-8-6-4-2/h22-23,42,44,48-50,52-55,57-58,60-62H,3-21,24-41,43,45-47H2,1-2H3,(H,56,59)/b23-22-,44-42+. The van der Waals surface area contributed by atoms with Gasteiger partial charge in [0.25, 0.3) is 0 Å². The molecule has 1 aliphatic rings. The smallest absolute Gasteiger partial charge is 0.220 e. The van der Waals surface area contributed by atoms with Crippen LogP contribution in [0.15, 0.2) is 24.3 Å². The van der Waals surface area contributed by atoms with E-state index in [9.17, 15) is 30.3 Å². The van der Waals surface area contributed by atoms with Gasteiger partial charge >= 0.3 is 0 Å². The number of unbranched alkanes of at least 4 members (excludes halogenated alkanes) is 35. The minimum absolute atomic E-state index is 0.175. The van der Waals surface area contributed by atoms with Crippen molar-refractivity contribution in [3.63, 3.8) is 0 Å². The van der Waals surface area contributed by atoms with Crippen LogP contribution in [0, 0.1) is 0 Å². The predicted octanol–water partition coefficient (Wildman–Crippen LogP) is 13.0. The minimum Gasteiger partial charge on any atom is -0.394 e.